The number of aryl methyl sites for hydroxylation is 1. The summed E-state index contributed by atoms with van der Waals surface area (Å²) >= 11 is 0. The molecule has 0 saturated carbocycles. The molecule has 3 rings (SSSR count). The van der Waals surface area contributed by atoms with Gasteiger partial charge in [-0.25, -0.2) is 4.39 Å². The van der Waals surface area contributed by atoms with Crippen LogP contribution in [0.3, 0.4) is 0 Å². The summed E-state index contributed by atoms with van der Waals surface area (Å²) < 4.78 is 18.3. The second-order valence-corrected chi connectivity index (χ2v) is 5.17. The molecule has 0 bridgehead atoms. The van der Waals surface area contributed by atoms with E-state index in [0.717, 1.165) is 29.0 Å². The van der Waals surface area contributed by atoms with E-state index in [1.807, 2.05) is 18.2 Å². The van der Waals surface area contributed by atoms with Crippen LogP contribution in [0, 0.1) is 17.1 Å². The highest BCUT2D eigenvalue weighted by molar-refractivity contribution is 5.56. The molecule has 3 nitrogen and oxygen atoms in total. The van der Waals surface area contributed by atoms with Crippen molar-refractivity contribution in [2.24, 2.45) is 0 Å². The zero-order valence-corrected chi connectivity index (χ0v) is 11.7. The molecule has 0 amide bonds. The number of ether oxygens (including phenoxy) is 1. The van der Waals surface area contributed by atoms with Gasteiger partial charge in [-0.1, -0.05) is 6.07 Å². The van der Waals surface area contributed by atoms with Crippen LogP contribution >= 0.6 is 0 Å². The van der Waals surface area contributed by atoms with Gasteiger partial charge >= 0.3 is 0 Å². The largest absolute Gasteiger partial charge is 0.497 e. The Morgan fingerprint density at radius 2 is 2.00 bits per heavy atom. The molecular formula is C17H15FN2O. The summed E-state index contributed by atoms with van der Waals surface area (Å²) in [6.07, 6.45) is 1.52. The van der Waals surface area contributed by atoms with E-state index in [1.54, 1.807) is 19.2 Å². The molecule has 0 aromatic heterocycles. The Balaban J connectivity index is 2.00. The molecule has 0 radical (unpaired) electrons. The van der Waals surface area contributed by atoms with E-state index in [0.29, 0.717) is 6.42 Å². The molecule has 1 aliphatic rings. The fourth-order valence-electron chi connectivity index (χ4n) is 2.81. The van der Waals surface area contributed by atoms with Crippen molar-refractivity contribution >= 4 is 5.69 Å². The van der Waals surface area contributed by atoms with Crippen LogP contribution in [0.25, 0.3) is 0 Å². The van der Waals surface area contributed by atoms with Crippen molar-refractivity contribution in [2.45, 2.75) is 18.4 Å². The fraction of sp³-hybridized carbons (Fsp3) is 0.235. The summed E-state index contributed by atoms with van der Waals surface area (Å²) in [6.45, 7) is 0. The van der Waals surface area contributed by atoms with E-state index in [4.69, 9.17) is 4.74 Å². The van der Waals surface area contributed by atoms with E-state index in [9.17, 15) is 9.65 Å². The number of methoxy groups -OCH3 is 1. The van der Waals surface area contributed by atoms with Gasteiger partial charge in [0.1, 0.15) is 11.6 Å². The summed E-state index contributed by atoms with van der Waals surface area (Å²) in [4.78, 5) is 0. The van der Waals surface area contributed by atoms with Crippen LogP contribution in [-0.4, -0.2) is 7.11 Å². The number of hydrogen-bond donors (Lipinski definition) is 1. The quantitative estimate of drug-likeness (QED) is 0.935. The van der Waals surface area contributed by atoms with Crippen LogP contribution < -0.4 is 10.1 Å². The molecule has 1 N–H and O–H groups in total. The molecule has 0 spiro atoms. The van der Waals surface area contributed by atoms with Gasteiger partial charge in [0.15, 0.2) is 5.54 Å². The van der Waals surface area contributed by atoms with Gasteiger partial charge in [0, 0.05) is 5.69 Å². The lowest BCUT2D eigenvalue weighted by atomic mass is 9.92. The zero-order chi connectivity index (χ0) is 14.9. The third-order valence-electron chi connectivity index (χ3n) is 3.94. The molecule has 1 aliphatic carbocycles. The van der Waals surface area contributed by atoms with Crippen molar-refractivity contribution < 1.29 is 9.13 Å². The van der Waals surface area contributed by atoms with Crippen molar-refractivity contribution in [3.05, 3.63) is 59.4 Å². The third kappa shape index (κ3) is 2.31. The van der Waals surface area contributed by atoms with Crippen LogP contribution in [0.2, 0.25) is 0 Å². The Hall–Kier alpha value is -2.54. The Labute approximate surface area is 123 Å². The average molecular weight is 282 g/mol. The molecule has 1 atom stereocenters. The minimum Gasteiger partial charge on any atom is -0.497 e. The summed E-state index contributed by atoms with van der Waals surface area (Å²) in [5.41, 5.74) is 2.02. The lowest BCUT2D eigenvalue weighted by Gasteiger charge is -2.25. The first-order valence-corrected chi connectivity index (χ1v) is 6.79. The molecule has 0 aliphatic heterocycles. The Morgan fingerprint density at radius 3 is 2.67 bits per heavy atom. The number of benzene rings is 2. The van der Waals surface area contributed by atoms with Crippen LogP contribution in [0.15, 0.2) is 42.5 Å². The average Bonchev–Trinajstić information content (AvgIpc) is 2.88. The second kappa shape index (κ2) is 5.10. The maximum Gasteiger partial charge on any atom is 0.151 e. The highest BCUT2D eigenvalue weighted by atomic mass is 19.1. The normalized spacial score (nSPS) is 19.7. The topological polar surface area (TPSA) is 45.0 Å². The Bertz CT molecular complexity index is 706. The summed E-state index contributed by atoms with van der Waals surface area (Å²) in [5.74, 6) is 0.441. The predicted octanol–water partition coefficient (Wildman–Crippen LogP) is 3.61. The van der Waals surface area contributed by atoms with Gasteiger partial charge < -0.3 is 10.1 Å². The van der Waals surface area contributed by atoms with Crippen molar-refractivity contribution in [3.63, 3.8) is 0 Å². The maximum atomic E-state index is 13.0. The molecule has 21 heavy (non-hydrogen) atoms. The van der Waals surface area contributed by atoms with Crippen LogP contribution in [0.4, 0.5) is 10.1 Å². The first kappa shape index (κ1) is 13.4. The number of fused-ring (bicyclic) bond motifs is 1. The van der Waals surface area contributed by atoms with E-state index in [2.05, 4.69) is 11.4 Å². The monoisotopic (exact) mass is 282 g/mol. The molecule has 106 valence electrons. The first-order chi connectivity index (χ1) is 10.2. The van der Waals surface area contributed by atoms with Gasteiger partial charge in [0.25, 0.3) is 0 Å². The van der Waals surface area contributed by atoms with Gasteiger partial charge in [0.05, 0.1) is 13.2 Å². The van der Waals surface area contributed by atoms with Gasteiger partial charge in [-0.3, -0.25) is 0 Å². The van der Waals surface area contributed by atoms with E-state index >= 15 is 0 Å². The number of halogens is 1. The number of hydrogen-bond acceptors (Lipinski definition) is 3. The summed E-state index contributed by atoms with van der Waals surface area (Å²) in [7, 11) is 1.61. The van der Waals surface area contributed by atoms with E-state index in [-0.39, 0.29) is 5.82 Å². The second-order valence-electron chi connectivity index (χ2n) is 5.17. The Morgan fingerprint density at radius 1 is 1.24 bits per heavy atom. The lowest BCUT2D eigenvalue weighted by Crippen LogP contribution is -2.31. The van der Waals surface area contributed by atoms with Crippen molar-refractivity contribution in [3.8, 4) is 11.8 Å². The van der Waals surface area contributed by atoms with Crippen molar-refractivity contribution in [2.75, 3.05) is 12.4 Å². The van der Waals surface area contributed by atoms with Gasteiger partial charge in [-0.15, -0.1) is 0 Å². The number of rotatable bonds is 3. The summed E-state index contributed by atoms with van der Waals surface area (Å²) in [5, 5.41) is 13.0. The molecule has 0 heterocycles. The van der Waals surface area contributed by atoms with Crippen LogP contribution in [0.1, 0.15) is 17.5 Å². The molecule has 1 unspecified atom stereocenters. The number of nitrogens with zero attached hydrogens (tertiary/aromatic N) is 1. The van der Waals surface area contributed by atoms with Crippen LogP contribution in [-0.2, 0) is 12.0 Å². The number of nitriles is 1. The maximum absolute atomic E-state index is 13.0. The van der Waals surface area contributed by atoms with Gasteiger partial charge in [-0.05, 0) is 60.4 Å². The summed E-state index contributed by atoms with van der Waals surface area (Å²) in [6, 6.07) is 14.3. The van der Waals surface area contributed by atoms with E-state index < -0.39 is 5.54 Å². The molecule has 2 aromatic rings. The smallest absolute Gasteiger partial charge is 0.151 e. The van der Waals surface area contributed by atoms with Gasteiger partial charge in [0.2, 0.25) is 0 Å². The highest BCUT2D eigenvalue weighted by Gasteiger charge is 2.39. The SMILES string of the molecule is COc1ccc2c(c1)C(C#N)(Nc1ccc(F)cc1)CC2. The molecule has 0 fully saturated rings. The van der Waals surface area contributed by atoms with E-state index in [1.165, 1.54) is 12.1 Å². The fourth-order valence-corrected chi connectivity index (χ4v) is 2.81. The van der Waals surface area contributed by atoms with Crippen molar-refractivity contribution in [1.29, 1.82) is 5.26 Å². The standard InChI is InChI=1S/C17H15FN2O/c1-21-15-7-2-12-8-9-17(11-19,16(12)10-15)20-14-5-3-13(18)4-6-14/h2-7,10,20H,8-9H2,1H3. The molecule has 2 aromatic carbocycles. The molecular weight excluding hydrogens is 267 g/mol. The first-order valence-electron chi connectivity index (χ1n) is 6.79. The van der Waals surface area contributed by atoms with Crippen LogP contribution in [0.5, 0.6) is 5.75 Å². The third-order valence-corrected chi connectivity index (χ3v) is 3.94. The number of anilines is 1. The molecule has 4 heteroatoms. The Kier molecular flexibility index (Phi) is 3.26. The van der Waals surface area contributed by atoms with Gasteiger partial charge in [-0.2, -0.15) is 5.26 Å². The predicted molar refractivity (Wildman–Crippen MR) is 78.6 cm³/mol. The minimum atomic E-state index is -0.790. The molecule has 0 saturated heterocycles. The zero-order valence-electron chi connectivity index (χ0n) is 11.7. The lowest BCUT2D eigenvalue weighted by molar-refractivity contribution is 0.413. The number of nitrogens with one attached hydrogen (secondary N) is 1. The highest BCUT2D eigenvalue weighted by Crippen LogP contribution is 2.40. The minimum absolute atomic E-state index is 0.292. The van der Waals surface area contributed by atoms with Crippen molar-refractivity contribution in [1.82, 2.24) is 0 Å².